The number of benzene rings is 1. The summed E-state index contributed by atoms with van der Waals surface area (Å²) in [6, 6.07) is 7.13. The Balaban J connectivity index is 2.09. The summed E-state index contributed by atoms with van der Waals surface area (Å²) in [6.45, 7) is 4.46. The summed E-state index contributed by atoms with van der Waals surface area (Å²) in [5, 5.41) is 3.61. The van der Waals surface area contributed by atoms with Crippen molar-refractivity contribution in [3.63, 3.8) is 0 Å². The van der Waals surface area contributed by atoms with E-state index in [1.54, 1.807) is 14.2 Å². The van der Waals surface area contributed by atoms with Gasteiger partial charge in [-0.25, -0.2) is 0 Å². The van der Waals surface area contributed by atoms with E-state index in [4.69, 9.17) is 9.47 Å². The third-order valence-corrected chi connectivity index (χ3v) is 3.48. The van der Waals surface area contributed by atoms with Gasteiger partial charge in [-0.2, -0.15) is 0 Å². The zero-order valence-electron chi connectivity index (χ0n) is 11.0. The van der Waals surface area contributed by atoms with Crippen molar-refractivity contribution < 1.29 is 9.47 Å². The van der Waals surface area contributed by atoms with E-state index in [2.05, 4.69) is 25.2 Å². The number of nitrogens with one attached hydrogen (secondary N) is 1. The number of rotatable bonds is 5. The van der Waals surface area contributed by atoms with Crippen molar-refractivity contribution in [1.82, 2.24) is 5.32 Å². The molecule has 0 spiro atoms. The lowest BCUT2D eigenvalue weighted by molar-refractivity contribution is 0.354. The fourth-order valence-corrected chi connectivity index (χ4v) is 2.09. The minimum absolute atomic E-state index is 0.352. The Morgan fingerprint density at radius 1 is 1.24 bits per heavy atom. The molecule has 1 fully saturated rings. The molecule has 1 saturated carbocycles. The summed E-state index contributed by atoms with van der Waals surface area (Å²) in [6.07, 6.45) is 1.29. The van der Waals surface area contributed by atoms with Crippen LogP contribution in [0.15, 0.2) is 18.2 Å². The minimum Gasteiger partial charge on any atom is -0.493 e. The molecule has 0 saturated heterocycles. The Hall–Kier alpha value is -1.22. The van der Waals surface area contributed by atoms with E-state index in [0.29, 0.717) is 12.1 Å². The molecule has 0 aliphatic heterocycles. The third-order valence-electron chi connectivity index (χ3n) is 3.48. The van der Waals surface area contributed by atoms with Crippen LogP contribution in [-0.4, -0.2) is 20.3 Å². The highest BCUT2D eigenvalue weighted by molar-refractivity contribution is 5.43. The largest absolute Gasteiger partial charge is 0.493 e. The number of hydrogen-bond donors (Lipinski definition) is 1. The maximum absolute atomic E-state index is 5.32. The van der Waals surface area contributed by atoms with E-state index in [0.717, 1.165) is 17.4 Å². The van der Waals surface area contributed by atoms with Gasteiger partial charge < -0.3 is 14.8 Å². The van der Waals surface area contributed by atoms with Gasteiger partial charge in [0.1, 0.15) is 0 Å². The van der Waals surface area contributed by atoms with Crippen LogP contribution in [0.25, 0.3) is 0 Å². The SMILES string of the molecule is COc1ccc(C(C)NC2CC2C)cc1OC. The molecular formula is C14H21NO2. The number of ether oxygens (including phenoxy) is 2. The highest BCUT2D eigenvalue weighted by Crippen LogP contribution is 2.34. The molecule has 1 aromatic carbocycles. The topological polar surface area (TPSA) is 30.5 Å². The van der Waals surface area contributed by atoms with Gasteiger partial charge >= 0.3 is 0 Å². The molecule has 17 heavy (non-hydrogen) atoms. The van der Waals surface area contributed by atoms with E-state index in [9.17, 15) is 0 Å². The lowest BCUT2D eigenvalue weighted by atomic mass is 10.1. The van der Waals surface area contributed by atoms with Gasteiger partial charge in [0.25, 0.3) is 0 Å². The Labute approximate surface area is 103 Å². The molecule has 1 aliphatic rings. The third kappa shape index (κ3) is 2.72. The summed E-state index contributed by atoms with van der Waals surface area (Å²) in [5.74, 6) is 2.39. The molecule has 94 valence electrons. The minimum atomic E-state index is 0.352. The van der Waals surface area contributed by atoms with E-state index in [1.807, 2.05) is 12.1 Å². The van der Waals surface area contributed by atoms with Crippen molar-refractivity contribution in [1.29, 1.82) is 0 Å². The van der Waals surface area contributed by atoms with Crippen LogP contribution < -0.4 is 14.8 Å². The van der Waals surface area contributed by atoms with Crippen LogP contribution in [0.5, 0.6) is 11.5 Å². The Kier molecular flexibility index (Phi) is 3.57. The summed E-state index contributed by atoms with van der Waals surface area (Å²) in [4.78, 5) is 0. The second-order valence-corrected chi connectivity index (χ2v) is 4.82. The van der Waals surface area contributed by atoms with Crippen LogP contribution in [-0.2, 0) is 0 Å². The first kappa shape index (κ1) is 12.2. The summed E-state index contributed by atoms with van der Waals surface area (Å²) >= 11 is 0. The fourth-order valence-electron chi connectivity index (χ4n) is 2.09. The van der Waals surface area contributed by atoms with E-state index in [-0.39, 0.29) is 0 Å². The Morgan fingerprint density at radius 2 is 1.88 bits per heavy atom. The van der Waals surface area contributed by atoms with Gasteiger partial charge in [-0.1, -0.05) is 13.0 Å². The van der Waals surface area contributed by atoms with Crippen molar-refractivity contribution in [3.8, 4) is 11.5 Å². The second kappa shape index (κ2) is 4.96. The second-order valence-electron chi connectivity index (χ2n) is 4.82. The van der Waals surface area contributed by atoms with Gasteiger partial charge in [-0.15, -0.1) is 0 Å². The molecular weight excluding hydrogens is 214 g/mol. The van der Waals surface area contributed by atoms with Crippen molar-refractivity contribution in [2.75, 3.05) is 14.2 Å². The molecule has 1 aliphatic carbocycles. The molecule has 1 N–H and O–H groups in total. The molecule has 0 bridgehead atoms. The van der Waals surface area contributed by atoms with Crippen molar-refractivity contribution >= 4 is 0 Å². The van der Waals surface area contributed by atoms with Crippen molar-refractivity contribution in [3.05, 3.63) is 23.8 Å². The van der Waals surface area contributed by atoms with Crippen LogP contribution in [0, 0.1) is 5.92 Å². The molecule has 0 radical (unpaired) electrons. The molecule has 3 heteroatoms. The Morgan fingerprint density at radius 3 is 2.41 bits per heavy atom. The van der Waals surface area contributed by atoms with Gasteiger partial charge in [-0.05, 0) is 37.0 Å². The van der Waals surface area contributed by atoms with Gasteiger partial charge in [0, 0.05) is 12.1 Å². The normalized spacial score (nSPS) is 24.2. The van der Waals surface area contributed by atoms with Gasteiger partial charge in [-0.3, -0.25) is 0 Å². The fraction of sp³-hybridized carbons (Fsp3) is 0.571. The predicted molar refractivity (Wildman–Crippen MR) is 68.7 cm³/mol. The van der Waals surface area contributed by atoms with Crippen molar-refractivity contribution in [2.24, 2.45) is 5.92 Å². The van der Waals surface area contributed by atoms with Gasteiger partial charge in [0.15, 0.2) is 11.5 Å². The molecule has 1 aromatic rings. The smallest absolute Gasteiger partial charge is 0.161 e. The zero-order chi connectivity index (χ0) is 12.4. The molecule has 0 amide bonds. The highest BCUT2D eigenvalue weighted by atomic mass is 16.5. The number of methoxy groups -OCH3 is 2. The monoisotopic (exact) mass is 235 g/mol. The van der Waals surface area contributed by atoms with Crippen LogP contribution >= 0.6 is 0 Å². The molecule has 3 nitrogen and oxygen atoms in total. The molecule has 2 rings (SSSR count). The van der Waals surface area contributed by atoms with Crippen LogP contribution in [0.4, 0.5) is 0 Å². The molecule has 0 heterocycles. The molecule has 0 aromatic heterocycles. The maximum atomic E-state index is 5.32. The lowest BCUT2D eigenvalue weighted by Gasteiger charge is -2.16. The predicted octanol–water partition coefficient (Wildman–Crippen LogP) is 2.76. The standard InChI is InChI=1S/C14H21NO2/c1-9-7-12(9)15-10(2)11-5-6-13(16-3)14(8-11)17-4/h5-6,8-10,12,15H,7H2,1-4H3. The van der Waals surface area contributed by atoms with Gasteiger partial charge in [0.05, 0.1) is 14.2 Å². The first-order valence-electron chi connectivity index (χ1n) is 6.13. The van der Waals surface area contributed by atoms with Crippen LogP contribution in [0.3, 0.4) is 0 Å². The van der Waals surface area contributed by atoms with Crippen molar-refractivity contribution in [2.45, 2.75) is 32.4 Å². The van der Waals surface area contributed by atoms with Crippen LogP contribution in [0.1, 0.15) is 31.9 Å². The number of hydrogen-bond acceptors (Lipinski definition) is 3. The average molecular weight is 235 g/mol. The molecule has 3 atom stereocenters. The first-order valence-corrected chi connectivity index (χ1v) is 6.13. The van der Waals surface area contributed by atoms with Gasteiger partial charge in [0.2, 0.25) is 0 Å². The van der Waals surface area contributed by atoms with E-state index < -0.39 is 0 Å². The summed E-state index contributed by atoms with van der Waals surface area (Å²) in [5.41, 5.74) is 1.24. The van der Waals surface area contributed by atoms with Crippen LogP contribution in [0.2, 0.25) is 0 Å². The van der Waals surface area contributed by atoms with E-state index in [1.165, 1.54) is 12.0 Å². The highest BCUT2D eigenvalue weighted by Gasteiger charge is 2.33. The van der Waals surface area contributed by atoms with E-state index >= 15 is 0 Å². The Bertz CT molecular complexity index is 392. The summed E-state index contributed by atoms with van der Waals surface area (Å²) < 4.78 is 10.6. The quantitative estimate of drug-likeness (QED) is 0.851. The molecule has 3 unspecified atom stereocenters. The lowest BCUT2D eigenvalue weighted by Crippen LogP contribution is -2.22. The summed E-state index contributed by atoms with van der Waals surface area (Å²) in [7, 11) is 3.33. The maximum Gasteiger partial charge on any atom is 0.161 e. The zero-order valence-corrected chi connectivity index (χ0v) is 11.0. The average Bonchev–Trinajstić information content (AvgIpc) is 3.03. The first-order chi connectivity index (χ1) is 8.15.